The van der Waals surface area contributed by atoms with Crippen molar-refractivity contribution in [1.82, 2.24) is 5.32 Å². The van der Waals surface area contributed by atoms with Crippen LogP contribution >= 0.6 is 0 Å². The molecule has 0 aromatic carbocycles. The summed E-state index contributed by atoms with van der Waals surface area (Å²) in [5.41, 5.74) is 0. The molecular weight excluding hydrogens is 210 g/mol. The first-order valence-corrected chi connectivity index (χ1v) is 6.76. The van der Waals surface area contributed by atoms with Crippen LogP contribution in [0.5, 0.6) is 0 Å². The van der Waals surface area contributed by atoms with Crippen LogP contribution in [0.1, 0.15) is 32.3 Å². The zero-order chi connectivity index (χ0) is 11.3. The van der Waals surface area contributed by atoms with E-state index in [-0.39, 0.29) is 0 Å². The molecule has 1 N–H and O–H groups in total. The maximum absolute atomic E-state index is 11.3. The summed E-state index contributed by atoms with van der Waals surface area (Å²) in [7, 11) is -0.792. The van der Waals surface area contributed by atoms with Crippen molar-refractivity contribution in [3.63, 3.8) is 0 Å². The van der Waals surface area contributed by atoms with Crippen molar-refractivity contribution in [2.45, 2.75) is 39.1 Å². The van der Waals surface area contributed by atoms with Gasteiger partial charge in [0.2, 0.25) is 0 Å². The molecule has 0 aliphatic carbocycles. The van der Waals surface area contributed by atoms with Crippen molar-refractivity contribution < 1.29 is 8.63 Å². The van der Waals surface area contributed by atoms with Crippen LogP contribution in [0.2, 0.25) is 0 Å². The zero-order valence-electron chi connectivity index (χ0n) is 9.58. The molecule has 4 heteroatoms. The normalized spacial score (nSPS) is 13.3. The summed E-state index contributed by atoms with van der Waals surface area (Å²) in [4.78, 5) is 0. The summed E-state index contributed by atoms with van der Waals surface area (Å²) < 4.78 is 16.8. The van der Waals surface area contributed by atoms with Crippen LogP contribution in [0.15, 0.2) is 16.5 Å². The van der Waals surface area contributed by atoms with E-state index >= 15 is 0 Å². The van der Waals surface area contributed by atoms with Crippen LogP contribution in [0.25, 0.3) is 0 Å². The van der Waals surface area contributed by atoms with Gasteiger partial charge >= 0.3 is 0 Å². The molecule has 0 saturated heterocycles. The highest BCUT2D eigenvalue weighted by Crippen LogP contribution is 2.10. The van der Waals surface area contributed by atoms with E-state index in [0.29, 0.717) is 17.5 Å². The maximum Gasteiger partial charge on any atom is 0.118 e. The molecule has 3 nitrogen and oxygen atoms in total. The van der Waals surface area contributed by atoms with E-state index in [1.54, 1.807) is 0 Å². The lowest BCUT2D eigenvalue weighted by atomic mass is 10.3. The predicted octanol–water partition coefficient (Wildman–Crippen LogP) is 2.05. The average Bonchev–Trinajstić information content (AvgIpc) is 2.62. The highest BCUT2D eigenvalue weighted by atomic mass is 32.2. The number of nitrogens with one attached hydrogen (secondary N) is 1. The Bertz CT molecular complexity index is 320. The van der Waals surface area contributed by atoms with Gasteiger partial charge in [-0.15, -0.1) is 0 Å². The van der Waals surface area contributed by atoms with E-state index in [2.05, 4.69) is 19.2 Å². The molecule has 0 bridgehead atoms. The molecular formula is C11H19NO2S. The van der Waals surface area contributed by atoms with Gasteiger partial charge in [0.1, 0.15) is 11.5 Å². The standard InChI is InChI=1S/C11H19NO2S/c1-4-15(13)8-11-6-5-10(14-11)7-12-9(2)3/h5-6,9,12H,4,7-8H2,1-3H3. The summed E-state index contributed by atoms with van der Waals surface area (Å²) in [6, 6.07) is 4.30. The van der Waals surface area contributed by atoms with Crippen LogP contribution in [-0.4, -0.2) is 16.0 Å². The lowest BCUT2D eigenvalue weighted by molar-refractivity contribution is 0.445. The van der Waals surface area contributed by atoms with E-state index < -0.39 is 10.8 Å². The lowest BCUT2D eigenvalue weighted by Crippen LogP contribution is -2.21. The first-order valence-electron chi connectivity index (χ1n) is 5.27. The molecule has 1 aromatic heterocycles. The molecule has 0 aliphatic heterocycles. The quantitative estimate of drug-likeness (QED) is 0.811. The van der Waals surface area contributed by atoms with Crippen LogP contribution in [0.3, 0.4) is 0 Å². The second-order valence-electron chi connectivity index (χ2n) is 3.78. The van der Waals surface area contributed by atoms with Gasteiger partial charge in [0.05, 0.1) is 12.3 Å². The van der Waals surface area contributed by atoms with Crippen molar-refractivity contribution in [2.75, 3.05) is 5.75 Å². The summed E-state index contributed by atoms with van der Waals surface area (Å²) in [5, 5.41) is 3.27. The average molecular weight is 229 g/mol. The monoisotopic (exact) mass is 229 g/mol. The van der Waals surface area contributed by atoms with Gasteiger partial charge in [-0.1, -0.05) is 20.8 Å². The van der Waals surface area contributed by atoms with Crippen molar-refractivity contribution in [1.29, 1.82) is 0 Å². The van der Waals surface area contributed by atoms with Crippen molar-refractivity contribution in [3.8, 4) is 0 Å². The molecule has 1 rings (SSSR count). The number of hydrogen-bond acceptors (Lipinski definition) is 3. The second kappa shape index (κ2) is 6.08. The Balaban J connectivity index is 2.45. The van der Waals surface area contributed by atoms with Crippen LogP contribution in [0, 0.1) is 0 Å². The van der Waals surface area contributed by atoms with Gasteiger partial charge in [0.15, 0.2) is 0 Å². The summed E-state index contributed by atoms with van der Waals surface area (Å²) in [5.74, 6) is 2.93. The lowest BCUT2D eigenvalue weighted by Gasteiger charge is -2.04. The number of furan rings is 1. The van der Waals surface area contributed by atoms with E-state index in [1.807, 2.05) is 19.1 Å². The minimum atomic E-state index is -0.792. The van der Waals surface area contributed by atoms with E-state index in [4.69, 9.17) is 4.42 Å². The first kappa shape index (κ1) is 12.5. The number of rotatable bonds is 6. The SMILES string of the molecule is CCS(=O)Cc1ccc(CNC(C)C)o1. The van der Waals surface area contributed by atoms with Gasteiger partial charge in [-0.25, -0.2) is 0 Å². The van der Waals surface area contributed by atoms with Gasteiger partial charge in [-0.05, 0) is 12.1 Å². The van der Waals surface area contributed by atoms with Gasteiger partial charge in [0.25, 0.3) is 0 Å². The van der Waals surface area contributed by atoms with Crippen molar-refractivity contribution >= 4 is 10.8 Å². The van der Waals surface area contributed by atoms with Gasteiger partial charge in [-0.3, -0.25) is 4.21 Å². The Morgan fingerprint density at radius 3 is 2.67 bits per heavy atom. The fourth-order valence-electron chi connectivity index (χ4n) is 1.16. The van der Waals surface area contributed by atoms with Gasteiger partial charge in [-0.2, -0.15) is 0 Å². The minimum Gasteiger partial charge on any atom is -0.464 e. The molecule has 0 saturated carbocycles. The van der Waals surface area contributed by atoms with Gasteiger partial charge in [0, 0.05) is 22.6 Å². The maximum atomic E-state index is 11.3. The molecule has 1 unspecified atom stereocenters. The molecule has 86 valence electrons. The Morgan fingerprint density at radius 2 is 2.07 bits per heavy atom. The van der Waals surface area contributed by atoms with Crippen LogP contribution in [-0.2, 0) is 23.1 Å². The summed E-state index contributed by atoms with van der Waals surface area (Å²) in [6.07, 6.45) is 0. The topological polar surface area (TPSA) is 42.2 Å². The van der Waals surface area contributed by atoms with Crippen molar-refractivity contribution in [2.24, 2.45) is 0 Å². The van der Waals surface area contributed by atoms with Crippen LogP contribution in [0.4, 0.5) is 0 Å². The molecule has 0 spiro atoms. The highest BCUT2D eigenvalue weighted by molar-refractivity contribution is 7.84. The molecule has 15 heavy (non-hydrogen) atoms. The Hall–Kier alpha value is -0.610. The molecule has 0 aliphatic rings. The smallest absolute Gasteiger partial charge is 0.118 e. The molecule has 0 radical (unpaired) electrons. The molecule has 1 aromatic rings. The molecule has 0 amide bonds. The number of hydrogen-bond donors (Lipinski definition) is 1. The third-order valence-corrected chi connectivity index (χ3v) is 3.28. The Labute approximate surface area is 93.7 Å². The fourth-order valence-corrected chi connectivity index (χ4v) is 1.84. The van der Waals surface area contributed by atoms with E-state index in [9.17, 15) is 4.21 Å². The molecule has 0 fully saturated rings. The van der Waals surface area contributed by atoms with E-state index in [0.717, 1.165) is 18.1 Å². The minimum absolute atomic E-state index is 0.448. The summed E-state index contributed by atoms with van der Waals surface area (Å²) in [6.45, 7) is 6.84. The summed E-state index contributed by atoms with van der Waals surface area (Å²) >= 11 is 0. The van der Waals surface area contributed by atoms with Crippen molar-refractivity contribution in [3.05, 3.63) is 23.7 Å². The Kier molecular flexibility index (Phi) is 5.05. The van der Waals surface area contributed by atoms with Crippen LogP contribution < -0.4 is 5.32 Å². The molecule has 1 atom stereocenters. The van der Waals surface area contributed by atoms with E-state index in [1.165, 1.54) is 0 Å². The second-order valence-corrected chi connectivity index (χ2v) is 5.52. The largest absolute Gasteiger partial charge is 0.464 e. The predicted molar refractivity (Wildman–Crippen MR) is 63.1 cm³/mol. The third-order valence-electron chi connectivity index (χ3n) is 2.03. The third kappa shape index (κ3) is 4.62. The van der Waals surface area contributed by atoms with Gasteiger partial charge < -0.3 is 9.73 Å². The zero-order valence-corrected chi connectivity index (χ0v) is 10.4. The highest BCUT2D eigenvalue weighted by Gasteiger charge is 2.05. The molecule has 1 heterocycles. The fraction of sp³-hybridized carbons (Fsp3) is 0.636. The Morgan fingerprint density at radius 1 is 1.40 bits per heavy atom. The first-order chi connectivity index (χ1) is 7.11.